The summed E-state index contributed by atoms with van der Waals surface area (Å²) < 4.78 is 0. The summed E-state index contributed by atoms with van der Waals surface area (Å²) in [5.41, 5.74) is 4.38. The number of hydrogen-bond acceptors (Lipinski definition) is 1. The van der Waals surface area contributed by atoms with Crippen molar-refractivity contribution in [3.63, 3.8) is 0 Å². The number of carboxylic acids is 1. The fourth-order valence-electron chi connectivity index (χ4n) is 1.58. The molecule has 0 fully saturated rings. The Kier molecular flexibility index (Phi) is 6.05. The van der Waals surface area contributed by atoms with E-state index in [0.29, 0.717) is 0 Å². The summed E-state index contributed by atoms with van der Waals surface area (Å²) in [7, 11) is 0. The third-order valence-corrected chi connectivity index (χ3v) is 2.45. The van der Waals surface area contributed by atoms with Crippen LogP contribution in [0.1, 0.15) is 38.5 Å². The van der Waals surface area contributed by atoms with Crippen molar-refractivity contribution in [2.24, 2.45) is 0 Å². The van der Waals surface area contributed by atoms with Crippen molar-refractivity contribution in [3.05, 3.63) is 41.7 Å². The van der Waals surface area contributed by atoms with Crippen molar-refractivity contribution in [1.82, 2.24) is 0 Å². The molecule has 2 nitrogen and oxygen atoms in total. The molecule has 0 aromatic rings. The lowest BCUT2D eigenvalue weighted by molar-refractivity contribution is -0.137. The molecule has 0 radical (unpaired) electrons. The fourth-order valence-corrected chi connectivity index (χ4v) is 1.58. The van der Waals surface area contributed by atoms with Crippen LogP contribution in [0.25, 0.3) is 0 Å². The van der Waals surface area contributed by atoms with Crippen molar-refractivity contribution in [2.45, 2.75) is 38.5 Å². The lowest BCUT2D eigenvalue weighted by atomic mass is 10.0. The molecule has 1 aliphatic rings. The molecule has 1 aliphatic carbocycles. The van der Waals surface area contributed by atoms with E-state index in [-0.39, 0.29) is 6.42 Å². The monoisotopic (exact) mass is 218 g/mol. The Hall–Kier alpha value is -1.53. The number of rotatable bonds is 6. The molecule has 2 heteroatoms. The van der Waals surface area contributed by atoms with Crippen LogP contribution in [-0.2, 0) is 4.79 Å². The predicted octanol–water partition coefficient (Wildman–Crippen LogP) is 3.62. The van der Waals surface area contributed by atoms with Gasteiger partial charge in [0.05, 0.1) is 0 Å². The van der Waals surface area contributed by atoms with E-state index in [2.05, 4.69) is 24.0 Å². The maximum atomic E-state index is 10.3. The molecule has 0 saturated heterocycles. The van der Waals surface area contributed by atoms with Gasteiger partial charge < -0.3 is 5.11 Å². The van der Waals surface area contributed by atoms with E-state index in [1.165, 1.54) is 5.57 Å². The van der Waals surface area contributed by atoms with Crippen LogP contribution in [0.5, 0.6) is 0 Å². The molecule has 0 unspecified atom stereocenters. The zero-order chi connectivity index (χ0) is 11.6. The number of aliphatic carboxylic acids is 1. The standard InChI is InChI=1S/C14H18O2/c15-14(16)12-8-4-7-11-13-9-5-2-1-3-6-10-13/h1,5-6,9-10H,2,4,7-8,11-12H2,(H,15,16). The van der Waals surface area contributed by atoms with Gasteiger partial charge in [-0.1, -0.05) is 24.6 Å². The number of carboxylic acid groups (broad SMARTS) is 1. The van der Waals surface area contributed by atoms with Gasteiger partial charge in [-0.15, -0.1) is 5.73 Å². The first-order chi connectivity index (χ1) is 7.79. The molecule has 1 N–H and O–H groups in total. The largest absolute Gasteiger partial charge is 0.481 e. The smallest absolute Gasteiger partial charge is 0.303 e. The van der Waals surface area contributed by atoms with Crippen LogP contribution in [0, 0.1) is 0 Å². The number of allylic oxidation sites excluding steroid dienone is 5. The van der Waals surface area contributed by atoms with Gasteiger partial charge in [-0.2, -0.15) is 0 Å². The van der Waals surface area contributed by atoms with Gasteiger partial charge >= 0.3 is 5.97 Å². The van der Waals surface area contributed by atoms with Gasteiger partial charge in [0.2, 0.25) is 0 Å². The number of hydrogen-bond donors (Lipinski definition) is 1. The third kappa shape index (κ3) is 6.05. The van der Waals surface area contributed by atoms with Crippen molar-refractivity contribution < 1.29 is 9.90 Å². The lowest BCUT2D eigenvalue weighted by Gasteiger charge is -2.02. The van der Waals surface area contributed by atoms with Crippen LogP contribution in [0.3, 0.4) is 0 Å². The molecular weight excluding hydrogens is 200 g/mol. The number of carbonyl (C=O) groups is 1. The molecule has 0 saturated carbocycles. The second-order valence-corrected chi connectivity index (χ2v) is 3.87. The zero-order valence-corrected chi connectivity index (χ0v) is 9.48. The van der Waals surface area contributed by atoms with Crippen LogP contribution < -0.4 is 0 Å². The van der Waals surface area contributed by atoms with E-state index in [1.807, 2.05) is 12.2 Å². The van der Waals surface area contributed by atoms with Gasteiger partial charge in [0.25, 0.3) is 0 Å². The van der Waals surface area contributed by atoms with Gasteiger partial charge in [0.1, 0.15) is 0 Å². The van der Waals surface area contributed by atoms with Crippen LogP contribution >= 0.6 is 0 Å². The quantitative estimate of drug-likeness (QED) is 0.546. The Morgan fingerprint density at radius 1 is 1.38 bits per heavy atom. The summed E-state index contributed by atoms with van der Waals surface area (Å²) in [6, 6.07) is 0. The minimum atomic E-state index is -0.696. The summed E-state index contributed by atoms with van der Waals surface area (Å²) in [5.74, 6) is -0.696. The van der Waals surface area contributed by atoms with E-state index in [0.717, 1.165) is 32.1 Å². The first-order valence-corrected chi connectivity index (χ1v) is 5.77. The average Bonchev–Trinajstić information content (AvgIpc) is 2.19. The lowest BCUT2D eigenvalue weighted by Crippen LogP contribution is -1.93. The summed E-state index contributed by atoms with van der Waals surface area (Å²) in [6.45, 7) is 0. The van der Waals surface area contributed by atoms with Gasteiger partial charge in [-0.3, -0.25) is 4.79 Å². The topological polar surface area (TPSA) is 37.3 Å². The normalized spacial score (nSPS) is 14.4. The summed E-state index contributed by atoms with van der Waals surface area (Å²) >= 11 is 0. The van der Waals surface area contributed by atoms with Crippen molar-refractivity contribution >= 4 is 5.97 Å². The Balaban J connectivity index is 2.21. The molecule has 0 aromatic carbocycles. The Morgan fingerprint density at radius 3 is 3.06 bits per heavy atom. The first kappa shape index (κ1) is 12.5. The predicted molar refractivity (Wildman–Crippen MR) is 65.2 cm³/mol. The molecule has 16 heavy (non-hydrogen) atoms. The van der Waals surface area contributed by atoms with Gasteiger partial charge in [-0.25, -0.2) is 0 Å². The zero-order valence-electron chi connectivity index (χ0n) is 9.48. The Bertz CT molecular complexity index is 342. The van der Waals surface area contributed by atoms with Gasteiger partial charge in [0.15, 0.2) is 0 Å². The Morgan fingerprint density at radius 2 is 2.25 bits per heavy atom. The number of unbranched alkanes of at least 4 members (excludes halogenated alkanes) is 2. The van der Waals surface area contributed by atoms with Crippen molar-refractivity contribution in [2.75, 3.05) is 0 Å². The molecule has 1 rings (SSSR count). The van der Waals surface area contributed by atoms with Crippen LogP contribution in [0.4, 0.5) is 0 Å². The second kappa shape index (κ2) is 7.72. The highest BCUT2D eigenvalue weighted by molar-refractivity contribution is 5.66. The van der Waals surface area contributed by atoms with Gasteiger partial charge in [-0.05, 0) is 43.4 Å². The molecule has 0 aliphatic heterocycles. The van der Waals surface area contributed by atoms with Crippen LogP contribution in [-0.4, -0.2) is 11.1 Å². The molecule has 0 heterocycles. The van der Waals surface area contributed by atoms with E-state index in [9.17, 15) is 4.79 Å². The van der Waals surface area contributed by atoms with Crippen LogP contribution in [0.2, 0.25) is 0 Å². The molecule has 0 spiro atoms. The maximum Gasteiger partial charge on any atom is 0.303 e. The minimum absolute atomic E-state index is 0.289. The molecule has 0 bridgehead atoms. The average molecular weight is 218 g/mol. The molecular formula is C14H18O2. The molecule has 0 atom stereocenters. The molecule has 86 valence electrons. The Labute approximate surface area is 96.7 Å². The van der Waals surface area contributed by atoms with E-state index >= 15 is 0 Å². The first-order valence-electron chi connectivity index (χ1n) is 5.77. The molecule has 0 amide bonds. The SMILES string of the molecule is O=C(O)CCCCCC1=CC=C=CCC=C1. The highest BCUT2D eigenvalue weighted by Gasteiger charge is 1.97. The van der Waals surface area contributed by atoms with Crippen molar-refractivity contribution in [1.29, 1.82) is 0 Å². The third-order valence-electron chi connectivity index (χ3n) is 2.45. The van der Waals surface area contributed by atoms with Crippen molar-refractivity contribution in [3.8, 4) is 0 Å². The summed E-state index contributed by atoms with van der Waals surface area (Å²) in [6.07, 6.45) is 15.4. The van der Waals surface area contributed by atoms with E-state index < -0.39 is 5.97 Å². The minimum Gasteiger partial charge on any atom is -0.481 e. The van der Waals surface area contributed by atoms with Gasteiger partial charge in [0, 0.05) is 6.42 Å². The highest BCUT2D eigenvalue weighted by atomic mass is 16.4. The second-order valence-electron chi connectivity index (χ2n) is 3.87. The summed E-state index contributed by atoms with van der Waals surface area (Å²) in [4.78, 5) is 10.3. The summed E-state index contributed by atoms with van der Waals surface area (Å²) in [5, 5.41) is 8.49. The van der Waals surface area contributed by atoms with E-state index in [1.54, 1.807) is 0 Å². The highest BCUT2D eigenvalue weighted by Crippen LogP contribution is 2.13. The van der Waals surface area contributed by atoms with Crippen LogP contribution in [0.15, 0.2) is 41.7 Å². The molecule has 0 aromatic heterocycles. The van der Waals surface area contributed by atoms with E-state index in [4.69, 9.17) is 5.11 Å². The fraction of sp³-hybridized carbons (Fsp3) is 0.429. The maximum absolute atomic E-state index is 10.3.